The predicted octanol–water partition coefficient (Wildman–Crippen LogP) is 2.78. The number of hydrogen-bond acceptors (Lipinski definition) is 8. The summed E-state index contributed by atoms with van der Waals surface area (Å²) in [5.41, 5.74) is -0.0143. The van der Waals surface area contributed by atoms with Crippen molar-refractivity contribution >= 4 is 26.8 Å². The molecular weight excluding hydrogens is 566 g/mol. The molecule has 2 unspecified atom stereocenters. The minimum absolute atomic E-state index is 0.0195. The van der Waals surface area contributed by atoms with Crippen LogP contribution in [0.3, 0.4) is 0 Å². The van der Waals surface area contributed by atoms with Gasteiger partial charge in [0.15, 0.2) is 17.5 Å². The first-order valence-corrected chi connectivity index (χ1v) is 14.4. The number of piperidine rings is 1. The van der Waals surface area contributed by atoms with Gasteiger partial charge >= 0.3 is 6.18 Å². The third kappa shape index (κ3) is 4.71. The number of alkyl halides is 4. The Kier molecular flexibility index (Phi) is 6.70. The molecule has 0 spiro atoms. The van der Waals surface area contributed by atoms with Crippen molar-refractivity contribution in [2.75, 3.05) is 26.2 Å². The van der Waals surface area contributed by atoms with Crippen LogP contribution in [0.15, 0.2) is 48.3 Å². The number of H-pyrrole nitrogens is 1. The van der Waals surface area contributed by atoms with Crippen LogP contribution in [-0.2, 0) is 15.6 Å². The maximum Gasteiger partial charge on any atom is 0.432 e. The lowest BCUT2D eigenvalue weighted by molar-refractivity contribution is -0.0637. The monoisotopic (exact) mass is 591 g/mol. The van der Waals surface area contributed by atoms with Crippen molar-refractivity contribution < 1.29 is 26.0 Å². The van der Waals surface area contributed by atoms with Crippen molar-refractivity contribution in [1.82, 2.24) is 33.9 Å². The van der Waals surface area contributed by atoms with Gasteiger partial charge in [0.1, 0.15) is 11.6 Å². The van der Waals surface area contributed by atoms with Gasteiger partial charge in [-0.05, 0) is 25.0 Å². The van der Waals surface area contributed by atoms with E-state index in [1.807, 2.05) is 23.0 Å². The van der Waals surface area contributed by atoms with Gasteiger partial charge in [-0.1, -0.05) is 0 Å². The molecule has 3 aromatic heterocycles. The van der Waals surface area contributed by atoms with Crippen LogP contribution in [0, 0.1) is 11.3 Å². The first-order chi connectivity index (χ1) is 19.5. The Bertz CT molecular complexity index is 1660. The number of halogens is 4. The number of likely N-dealkylation sites (tertiary alicyclic amines) is 1. The minimum atomic E-state index is -5.06. The Labute approximate surface area is 232 Å². The number of nitrogens with one attached hydrogen (secondary N) is 1. The molecule has 2 fully saturated rings. The Morgan fingerprint density at radius 2 is 1.95 bits per heavy atom. The SMILES string of the molecule is N#CCC1(n2ccc(-c3ncnc4[nH]ncc34)c2)CN(C2CCN(S(=O)(=O)C3C=CN=C(C(F)(F)F)C3F)CC2)C1. The molecule has 6 rings (SSSR count). The molecule has 3 aromatic rings. The molecule has 216 valence electrons. The van der Waals surface area contributed by atoms with Crippen molar-refractivity contribution in [3.05, 3.63) is 43.3 Å². The number of fused-ring (bicyclic) bond motifs is 1. The highest BCUT2D eigenvalue weighted by atomic mass is 32.2. The van der Waals surface area contributed by atoms with Crippen LogP contribution in [-0.4, -0.2) is 97.9 Å². The van der Waals surface area contributed by atoms with E-state index in [2.05, 4.69) is 36.1 Å². The zero-order chi connectivity index (χ0) is 29.0. The van der Waals surface area contributed by atoms with Crippen LogP contribution >= 0.6 is 0 Å². The zero-order valence-electron chi connectivity index (χ0n) is 21.5. The summed E-state index contributed by atoms with van der Waals surface area (Å²) in [5, 5.41) is 15.3. The molecule has 0 saturated carbocycles. The van der Waals surface area contributed by atoms with Crippen LogP contribution in [0.25, 0.3) is 22.3 Å². The summed E-state index contributed by atoms with van der Waals surface area (Å²) < 4.78 is 83.2. The Hall–Kier alpha value is -3.68. The summed E-state index contributed by atoms with van der Waals surface area (Å²) in [6, 6.07) is 4.22. The first-order valence-electron chi connectivity index (χ1n) is 12.9. The lowest BCUT2D eigenvalue weighted by atomic mass is 9.83. The number of aromatic amines is 1. The lowest BCUT2D eigenvalue weighted by Gasteiger charge is -2.54. The molecule has 2 atom stereocenters. The van der Waals surface area contributed by atoms with E-state index in [1.54, 1.807) is 6.20 Å². The van der Waals surface area contributed by atoms with E-state index in [0.717, 1.165) is 27.0 Å². The fourth-order valence-electron chi connectivity index (χ4n) is 5.95. The molecule has 0 amide bonds. The van der Waals surface area contributed by atoms with Gasteiger partial charge in [0, 0.05) is 56.4 Å². The Balaban J connectivity index is 1.11. The van der Waals surface area contributed by atoms with Crippen molar-refractivity contribution in [1.29, 1.82) is 5.26 Å². The van der Waals surface area contributed by atoms with Gasteiger partial charge < -0.3 is 4.57 Å². The highest BCUT2D eigenvalue weighted by Gasteiger charge is 2.51. The van der Waals surface area contributed by atoms with Gasteiger partial charge in [-0.3, -0.25) is 15.0 Å². The van der Waals surface area contributed by atoms with Gasteiger partial charge in [0.05, 0.1) is 35.3 Å². The number of sulfonamides is 1. The number of aromatic nitrogens is 5. The first kappa shape index (κ1) is 27.5. The molecule has 6 heterocycles. The molecule has 41 heavy (non-hydrogen) atoms. The average Bonchev–Trinajstić information content (AvgIpc) is 3.60. The number of nitriles is 1. The Morgan fingerprint density at radius 3 is 2.66 bits per heavy atom. The molecule has 0 aromatic carbocycles. The fourth-order valence-corrected chi connectivity index (χ4v) is 7.72. The average molecular weight is 592 g/mol. The molecule has 0 bridgehead atoms. The molecule has 3 aliphatic heterocycles. The fraction of sp³-hybridized carbons (Fsp3) is 0.480. The van der Waals surface area contributed by atoms with Crippen molar-refractivity contribution in [2.24, 2.45) is 4.99 Å². The second-order valence-corrected chi connectivity index (χ2v) is 12.6. The molecule has 1 N–H and O–H groups in total. The summed E-state index contributed by atoms with van der Waals surface area (Å²) in [6.07, 6.45) is 1.85. The normalized spacial score (nSPS) is 24.2. The van der Waals surface area contributed by atoms with Crippen molar-refractivity contribution in [3.8, 4) is 17.3 Å². The van der Waals surface area contributed by atoms with E-state index in [1.165, 1.54) is 6.33 Å². The minimum Gasteiger partial charge on any atom is -0.344 e. The maximum atomic E-state index is 14.7. The largest absolute Gasteiger partial charge is 0.432 e. The molecule has 0 aliphatic carbocycles. The van der Waals surface area contributed by atoms with E-state index in [-0.39, 0.29) is 25.6 Å². The van der Waals surface area contributed by atoms with Crippen LogP contribution in [0.1, 0.15) is 19.3 Å². The third-order valence-corrected chi connectivity index (χ3v) is 10.3. The van der Waals surface area contributed by atoms with Gasteiger partial charge in [0.25, 0.3) is 0 Å². The van der Waals surface area contributed by atoms with Crippen LogP contribution < -0.4 is 0 Å². The summed E-state index contributed by atoms with van der Waals surface area (Å²) in [6.45, 7) is 1.26. The molecule has 3 aliphatic rings. The number of aliphatic imine (C=N–C) groups is 1. The topological polar surface area (TPSA) is 136 Å². The summed E-state index contributed by atoms with van der Waals surface area (Å²) in [4.78, 5) is 13.8. The summed E-state index contributed by atoms with van der Waals surface area (Å²) >= 11 is 0. The van der Waals surface area contributed by atoms with Gasteiger partial charge in [-0.15, -0.1) is 0 Å². The van der Waals surface area contributed by atoms with E-state index < -0.39 is 38.9 Å². The van der Waals surface area contributed by atoms with Crippen molar-refractivity contribution in [3.63, 3.8) is 0 Å². The second-order valence-electron chi connectivity index (χ2n) is 10.5. The second kappa shape index (κ2) is 10.00. The van der Waals surface area contributed by atoms with E-state index in [4.69, 9.17) is 0 Å². The molecule has 16 heteroatoms. The summed E-state index contributed by atoms with van der Waals surface area (Å²) in [7, 11) is -4.37. The standard InChI is InChI=1S/C25H25F4N9O2S/c26-20-19(1-7-31-22(20)25(27,28)29)41(39,40)38-9-3-17(4-10-38)36-13-24(14-36,5-6-30)37-8-2-16(12-37)21-18-11-34-35-23(18)33-15-32-21/h1-2,7-8,11-12,15,17,19-20H,3-5,9-10,13-14H2,(H,32,33,34,35). The van der Waals surface area contributed by atoms with Gasteiger partial charge in [0.2, 0.25) is 10.0 Å². The number of rotatable bonds is 6. The number of nitrogens with zero attached hydrogens (tertiary/aromatic N) is 8. The zero-order valence-corrected chi connectivity index (χ0v) is 22.4. The lowest BCUT2D eigenvalue weighted by Crippen LogP contribution is -2.66. The third-order valence-electron chi connectivity index (χ3n) is 8.14. The molecule has 2 saturated heterocycles. The van der Waals surface area contributed by atoms with Gasteiger partial charge in [-0.2, -0.15) is 23.5 Å². The quantitative estimate of drug-likeness (QED) is 0.436. The predicted molar refractivity (Wildman–Crippen MR) is 140 cm³/mol. The highest BCUT2D eigenvalue weighted by Crippen LogP contribution is 2.39. The van der Waals surface area contributed by atoms with Crippen LogP contribution in [0.4, 0.5) is 17.6 Å². The van der Waals surface area contributed by atoms with E-state index in [0.29, 0.717) is 37.8 Å². The summed E-state index contributed by atoms with van der Waals surface area (Å²) in [5.74, 6) is 0. The maximum absolute atomic E-state index is 14.7. The van der Waals surface area contributed by atoms with E-state index in [9.17, 15) is 31.2 Å². The highest BCUT2D eigenvalue weighted by molar-refractivity contribution is 7.90. The molecule has 11 nitrogen and oxygen atoms in total. The number of hydrogen-bond donors (Lipinski definition) is 1. The van der Waals surface area contributed by atoms with Gasteiger partial charge in [-0.25, -0.2) is 27.1 Å². The van der Waals surface area contributed by atoms with E-state index >= 15 is 0 Å². The smallest absolute Gasteiger partial charge is 0.344 e. The Morgan fingerprint density at radius 1 is 1.20 bits per heavy atom. The van der Waals surface area contributed by atoms with Crippen LogP contribution in [0.5, 0.6) is 0 Å². The molecule has 0 radical (unpaired) electrons. The van der Waals surface area contributed by atoms with Crippen LogP contribution in [0.2, 0.25) is 0 Å². The van der Waals surface area contributed by atoms with Crippen molar-refractivity contribution in [2.45, 2.75) is 48.4 Å². The molecular formula is C25H25F4N9O2S.